The lowest BCUT2D eigenvalue weighted by molar-refractivity contribution is -0.383. The summed E-state index contributed by atoms with van der Waals surface area (Å²) in [6.07, 6.45) is 0. The van der Waals surface area contributed by atoms with Crippen LogP contribution in [0.2, 0.25) is 0 Å². The number of ether oxygens (including phenoxy) is 2. The molecule has 112 valence electrons. The molecule has 7 nitrogen and oxygen atoms in total. The molecule has 0 fully saturated rings. The normalized spacial score (nSPS) is 10.9. The standard InChI is InChI=1S/C13H21N3O4/c1-19-7-5-15(6-8-20-2)10-11-3-4-13(16(17)18)12(14)9-11/h3-4,9H,5-8,10,14H2,1-2H3. The van der Waals surface area contributed by atoms with Crippen molar-refractivity contribution in [1.82, 2.24) is 4.90 Å². The van der Waals surface area contributed by atoms with Crippen molar-refractivity contribution < 1.29 is 14.4 Å². The van der Waals surface area contributed by atoms with E-state index in [2.05, 4.69) is 4.90 Å². The molecular weight excluding hydrogens is 262 g/mol. The third-order valence-corrected chi connectivity index (χ3v) is 2.92. The Bertz CT molecular complexity index is 432. The van der Waals surface area contributed by atoms with Crippen molar-refractivity contribution >= 4 is 11.4 Å². The fraction of sp³-hybridized carbons (Fsp3) is 0.538. The van der Waals surface area contributed by atoms with Gasteiger partial charge in [0.2, 0.25) is 0 Å². The lowest BCUT2D eigenvalue weighted by Crippen LogP contribution is -2.30. The van der Waals surface area contributed by atoms with E-state index in [0.29, 0.717) is 19.8 Å². The monoisotopic (exact) mass is 283 g/mol. The topological polar surface area (TPSA) is 90.9 Å². The molecule has 0 unspecified atom stereocenters. The first-order chi connectivity index (χ1) is 9.58. The minimum absolute atomic E-state index is 0.0610. The van der Waals surface area contributed by atoms with Crippen LogP contribution in [-0.4, -0.2) is 50.3 Å². The van der Waals surface area contributed by atoms with E-state index < -0.39 is 4.92 Å². The lowest BCUT2D eigenvalue weighted by atomic mass is 10.1. The van der Waals surface area contributed by atoms with Crippen LogP contribution < -0.4 is 5.73 Å². The van der Waals surface area contributed by atoms with Crippen LogP contribution in [0.25, 0.3) is 0 Å². The second kappa shape index (κ2) is 8.47. The van der Waals surface area contributed by atoms with E-state index in [1.807, 2.05) is 0 Å². The van der Waals surface area contributed by atoms with Crippen LogP contribution in [0.5, 0.6) is 0 Å². The molecule has 7 heteroatoms. The summed E-state index contributed by atoms with van der Waals surface area (Å²) in [6.45, 7) is 3.40. The van der Waals surface area contributed by atoms with Crippen LogP contribution in [-0.2, 0) is 16.0 Å². The Kier molecular flexibility index (Phi) is 6.92. The van der Waals surface area contributed by atoms with Crippen LogP contribution in [0.1, 0.15) is 5.56 Å². The zero-order valence-electron chi connectivity index (χ0n) is 11.9. The van der Waals surface area contributed by atoms with Gasteiger partial charge in [0.25, 0.3) is 5.69 Å². The number of nitrogens with two attached hydrogens (primary N) is 1. The Morgan fingerprint density at radius 2 is 1.85 bits per heavy atom. The van der Waals surface area contributed by atoms with Crippen LogP contribution >= 0.6 is 0 Å². The molecule has 0 amide bonds. The predicted octanol–water partition coefficient (Wildman–Crippen LogP) is 1.27. The predicted molar refractivity (Wildman–Crippen MR) is 76.5 cm³/mol. The molecule has 1 aromatic rings. The van der Waals surface area contributed by atoms with Crippen molar-refractivity contribution in [1.29, 1.82) is 0 Å². The fourth-order valence-corrected chi connectivity index (χ4v) is 1.84. The van der Waals surface area contributed by atoms with E-state index in [0.717, 1.165) is 18.7 Å². The van der Waals surface area contributed by atoms with Crippen molar-refractivity contribution in [2.24, 2.45) is 0 Å². The van der Waals surface area contributed by atoms with Gasteiger partial charge in [0.05, 0.1) is 18.1 Å². The van der Waals surface area contributed by atoms with Crippen LogP contribution in [0.3, 0.4) is 0 Å². The van der Waals surface area contributed by atoms with Gasteiger partial charge in [-0.2, -0.15) is 0 Å². The third-order valence-electron chi connectivity index (χ3n) is 2.92. The largest absolute Gasteiger partial charge is 0.393 e. The van der Waals surface area contributed by atoms with Gasteiger partial charge in [0.1, 0.15) is 5.69 Å². The van der Waals surface area contributed by atoms with Gasteiger partial charge in [-0.25, -0.2) is 0 Å². The Labute approximate surface area is 118 Å². The second-order valence-electron chi connectivity index (χ2n) is 4.41. The average molecular weight is 283 g/mol. The summed E-state index contributed by atoms with van der Waals surface area (Å²) in [7, 11) is 3.30. The molecule has 0 atom stereocenters. The number of nitrogen functional groups attached to an aromatic ring is 1. The van der Waals surface area contributed by atoms with Gasteiger partial charge < -0.3 is 15.2 Å². The Hall–Kier alpha value is -1.70. The van der Waals surface area contributed by atoms with Crippen LogP contribution in [0, 0.1) is 10.1 Å². The highest BCUT2D eigenvalue weighted by atomic mass is 16.6. The number of hydrogen-bond acceptors (Lipinski definition) is 6. The molecule has 0 bridgehead atoms. The smallest absolute Gasteiger partial charge is 0.292 e. The summed E-state index contributed by atoms with van der Waals surface area (Å²) in [5.74, 6) is 0. The van der Waals surface area contributed by atoms with Crippen LogP contribution in [0.4, 0.5) is 11.4 Å². The maximum absolute atomic E-state index is 10.7. The SMILES string of the molecule is COCCN(CCOC)Cc1ccc([N+](=O)[O-])c(N)c1. The Morgan fingerprint density at radius 1 is 1.25 bits per heavy atom. The molecule has 0 aliphatic carbocycles. The van der Waals surface area contributed by atoms with Gasteiger partial charge in [-0.1, -0.05) is 6.07 Å². The van der Waals surface area contributed by atoms with Crippen molar-refractivity contribution in [3.8, 4) is 0 Å². The first-order valence-corrected chi connectivity index (χ1v) is 6.31. The molecule has 0 aliphatic heterocycles. The summed E-state index contributed by atoms with van der Waals surface area (Å²) < 4.78 is 10.1. The molecule has 20 heavy (non-hydrogen) atoms. The molecule has 0 radical (unpaired) electrons. The zero-order valence-corrected chi connectivity index (χ0v) is 11.9. The summed E-state index contributed by atoms with van der Waals surface area (Å²) in [4.78, 5) is 12.4. The zero-order chi connectivity index (χ0) is 15.0. The van der Waals surface area contributed by atoms with E-state index >= 15 is 0 Å². The number of nitrogens with zero attached hydrogens (tertiary/aromatic N) is 2. The first kappa shape index (κ1) is 16.4. The average Bonchev–Trinajstić information content (AvgIpc) is 2.41. The van der Waals surface area contributed by atoms with E-state index in [9.17, 15) is 10.1 Å². The van der Waals surface area contributed by atoms with Crippen molar-refractivity contribution in [2.45, 2.75) is 6.54 Å². The summed E-state index contributed by atoms with van der Waals surface area (Å²) in [6, 6.07) is 4.81. The molecule has 0 saturated carbocycles. The highest BCUT2D eigenvalue weighted by Gasteiger charge is 2.13. The molecular formula is C13H21N3O4. The van der Waals surface area contributed by atoms with E-state index in [1.165, 1.54) is 6.07 Å². The quantitative estimate of drug-likeness (QED) is 0.417. The van der Waals surface area contributed by atoms with Crippen LogP contribution in [0.15, 0.2) is 18.2 Å². The van der Waals surface area contributed by atoms with Gasteiger partial charge in [-0.15, -0.1) is 0 Å². The summed E-state index contributed by atoms with van der Waals surface area (Å²) in [5.41, 5.74) is 6.74. The van der Waals surface area contributed by atoms with Crippen molar-refractivity contribution in [3.05, 3.63) is 33.9 Å². The number of anilines is 1. The highest BCUT2D eigenvalue weighted by molar-refractivity contribution is 5.59. The number of benzene rings is 1. The van der Waals surface area contributed by atoms with E-state index in [1.54, 1.807) is 26.4 Å². The maximum Gasteiger partial charge on any atom is 0.292 e. The van der Waals surface area contributed by atoms with Crippen molar-refractivity contribution in [2.75, 3.05) is 46.3 Å². The molecule has 2 N–H and O–H groups in total. The summed E-state index contributed by atoms with van der Waals surface area (Å²) in [5, 5.41) is 10.7. The molecule has 0 saturated heterocycles. The minimum atomic E-state index is -0.479. The molecule has 0 aliphatic rings. The highest BCUT2D eigenvalue weighted by Crippen LogP contribution is 2.22. The van der Waals surface area contributed by atoms with Gasteiger partial charge in [0.15, 0.2) is 0 Å². The number of nitro groups is 1. The Balaban J connectivity index is 2.71. The molecule has 1 aromatic carbocycles. The third kappa shape index (κ3) is 5.12. The molecule has 0 aromatic heterocycles. The van der Waals surface area contributed by atoms with Gasteiger partial charge in [0, 0.05) is 39.9 Å². The van der Waals surface area contributed by atoms with Gasteiger partial charge >= 0.3 is 0 Å². The van der Waals surface area contributed by atoms with E-state index in [-0.39, 0.29) is 11.4 Å². The number of nitro benzene ring substituents is 1. The molecule has 1 rings (SSSR count). The fourth-order valence-electron chi connectivity index (χ4n) is 1.84. The first-order valence-electron chi connectivity index (χ1n) is 6.31. The maximum atomic E-state index is 10.7. The van der Waals surface area contributed by atoms with Crippen molar-refractivity contribution in [3.63, 3.8) is 0 Å². The summed E-state index contributed by atoms with van der Waals surface area (Å²) >= 11 is 0. The van der Waals surface area contributed by atoms with Gasteiger partial charge in [-0.05, 0) is 11.6 Å². The second-order valence-corrected chi connectivity index (χ2v) is 4.41. The molecule has 0 spiro atoms. The number of hydrogen-bond donors (Lipinski definition) is 1. The Morgan fingerprint density at radius 3 is 2.30 bits per heavy atom. The van der Waals surface area contributed by atoms with E-state index in [4.69, 9.17) is 15.2 Å². The molecule has 0 heterocycles. The van der Waals surface area contributed by atoms with Gasteiger partial charge in [-0.3, -0.25) is 15.0 Å². The number of rotatable bonds is 9. The minimum Gasteiger partial charge on any atom is -0.393 e. The number of methoxy groups -OCH3 is 2. The lowest BCUT2D eigenvalue weighted by Gasteiger charge is -2.21.